The van der Waals surface area contributed by atoms with Crippen LogP contribution in [0.5, 0.6) is 0 Å². The lowest BCUT2D eigenvalue weighted by Gasteiger charge is -2.07. The maximum Gasteiger partial charge on any atom is 0.293 e. The zero-order chi connectivity index (χ0) is 17.3. The summed E-state index contributed by atoms with van der Waals surface area (Å²) in [6.45, 7) is 2.70. The van der Waals surface area contributed by atoms with Crippen LogP contribution >= 0.6 is 0 Å². The molecule has 3 N–H and O–H groups in total. The van der Waals surface area contributed by atoms with Gasteiger partial charge in [0.15, 0.2) is 5.76 Å². The van der Waals surface area contributed by atoms with E-state index in [1.807, 2.05) is 35.8 Å². The molecule has 0 atom stereocenters. The van der Waals surface area contributed by atoms with Crippen molar-refractivity contribution in [1.29, 1.82) is 0 Å². The Hall–Kier alpha value is -2.65. The van der Waals surface area contributed by atoms with Crippen molar-refractivity contribution in [3.63, 3.8) is 0 Å². The van der Waals surface area contributed by atoms with E-state index in [0.717, 1.165) is 23.5 Å². The number of para-hydroxylation sites is 2. The molecule has 0 saturated carbocycles. The Morgan fingerprint density at radius 3 is 2.71 bits per heavy atom. The van der Waals surface area contributed by atoms with Gasteiger partial charge in [-0.3, -0.25) is 10.1 Å². The number of nitrogens with one attached hydrogen (secondary N) is 1. The lowest BCUT2D eigenvalue weighted by molar-refractivity contribution is 0.0990. The Bertz CT molecular complexity index is 1000. The number of aryl methyl sites for hydroxylation is 1. The van der Waals surface area contributed by atoms with E-state index in [2.05, 4.69) is 10.3 Å². The van der Waals surface area contributed by atoms with Crippen molar-refractivity contribution < 1.29 is 17.6 Å². The monoisotopic (exact) mass is 348 g/mol. The first-order valence-corrected chi connectivity index (χ1v) is 8.84. The van der Waals surface area contributed by atoms with E-state index in [0.29, 0.717) is 12.5 Å². The van der Waals surface area contributed by atoms with Crippen molar-refractivity contribution in [2.24, 2.45) is 5.14 Å². The number of imidazole rings is 1. The van der Waals surface area contributed by atoms with Crippen molar-refractivity contribution in [3.05, 3.63) is 42.2 Å². The summed E-state index contributed by atoms with van der Waals surface area (Å²) < 4.78 is 29.3. The highest BCUT2D eigenvalue weighted by atomic mass is 32.2. The van der Waals surface area contributed by atoms with Gasteiger partial charge in [-0.25, -0.2) is 18.5 Å². The maximum atomic E-state index is 12.3. The van der Waals surface area contributed by atoms with Crippen LogP contribution in [0.4, 0.5) is 5.95 Å². The minimum Gasteiger partial charge on any atom is -0.438 e. The SMILES string of the molecule is CCCn1c(NC(=O)c2ccc(S(N)(=O)=O)o2)nc2ccccc21. The zero-order valence-electron chi connectivity index (χ0n) is 12.9. The molecular weight excluding hydrogens is 332 g/mol. The number of carbonyl (C=O) groups is 1. The number of anilines is 1. The molecule has 3 aromatic rings. The van der Waals surface area contributed by atoms with Gasteiger partial charge in [0, 0.05) is 6.54 Å². The predicted octanol–water partition coefficient (Wildman–Crippen LogP) is 1.94. The average Bonchev–Trinajstić information content (AvgIpc) is 3.13. The van der Waals surface area contributed by atoms with Crippen molar-refractivity contribution >= 4 is 32.9 Å². The Kier molecular flexibility index (Phi) is 4.12. The Morgan fingerprint density at radius 1 is 1.29 bits per heavy atom. The number of hydrogen-bond donors (Lipinski definition) is 2. The highest BCUT2D eigenvalue weighted by Gasteiger charge is 2.19. The van der Waals surface area contributed by atoms with Crippen LogP contribution < -0.4 is 10.5 Å². The molecule has 0 aliphatic heterocycles. The smallest absolute Gasteiger partial charge is 0.293 e. The van der Waals surface area contributed by atoms with Gasteiger partial charge >= 0.3 is 0 Å². The third kappa shape index (κ3) is 3.03. The molecule has 2 heterocycles. The van der Waals surface area contributed by atoms with E-state index in [4.69, 9.17) is 9.56 Å². The largest absolute Gasteiger partial charge is 0.438 e. The number of sulfonamides is 1. The van der Waals surface area contributed by atoms with Gasteiger partial charge in [-0.1, -0.05) is 19.1 Å². The number of amides is 1. The van der Waals surface area contributed by atoms with Gasteiger partial charge in [0.25, 0.3) is 15.9 Å². The molecule has 0 spiro atoms. The van der Waals surface area contributed by atoms with Gasteiger partial charge in [0.1, 0.15) is 0 Å². The van der Waals surface area contributed by atoms with Gasteiger partial charge in [-0.05, 0) is 30.7 Å². The van der Waals surface area contributed by atoms with Crippen LogP contribution in [0.3, 0.4) is 0 Å². The zero-order valence-corrected chi connectivity index (χ0v) is 13.7. The fourth-order valence-corrected chi connectivity index (χ4v) is 2.84. The molecule has 0 bridgehead atoms. The number of hydrogen-bond acceptors (Lipinski definition) is 5. The van der Waals surface area contributed by atoms with Gasteiger partial charge in [-0.2, -0.15) is 0 Å². The van der Waals surface area contributed by atoms with E-state index >= 15 is 0 Å². The summed E-state index contributed by atoms with van der Waals surface area (Å²) in [5.41, 5.74) is 1.66. The van der Waals surface area contributed by atoms with Crippen LogP contribution in [0.15, 0.2) is 45.9 Å². The molecule has 9 heteroatoms. The summed E-state index contributed by atoms with van der Waals surface area (Å²) in [6.07, 6.45) is 0.861. The molecule has 24 heavy (non-hydrogen) atoms. The Labute approximate surface area is 138 Å². The first-order valence-electron chi connectivity index (χ1n) is 7.29. The predicted molar refractivity (Wildman–Crippen MR) is 88.1 cm³/mol. The molecule has 8 nitrogen and oxygen atoms in total. The van der Waals surface area contributed by atoms with Gasteiger partial charge < -0.3 is 8.98 Å². The van der Waals surface area contributed by atoms with E-state index in [1.54, 1.807) is 0 Å². The van der Waals surface area contributed by atoms with Crippen molar-refractivity contribution in [2.75, 3.05) is 5.32 Å². The molecule has 0 fully saturated rings. The average molecular weight is 348 g/mol. The number of furan rings is 1. The van der Waals surface area contributed by atoms with Crippen molar-refractivity contribution in [2.45, 2.75) is 25.0 Å². The standard InChI is InChI=1S/C15H16N4O4S/c1-2-9-19-11-6-4-3-5-10(11)17-15(19)18-14(20)12-7-8-13(23-12)24(16,21)22/h3-8H,2,9H2,1H3,(H2,16,21,22)(H,17,18,20). The number of primary sulfonamides is 1. The molecule has 0 unspecified atom stereocenters. The molecule has 0 aliphatic rings. The summed E-state index contributed by atoms with van der Waals surface area (Å²) >= 11 is 0. The van der Waals surface area contributed by atoms with E-state index < -0.39 is 21.0 Å². The molecule has 1 aromatic carbocycles. The first-order chi connectivity index (χ1) is 11.4. The summed E-state index contributed by atoms with van der Waals surface area (Å²) in [6, 6.07) is 9.92. The summed E-state index contributed by atoms with van der Waals surface area (Å²) in [5, 5.41) is 7.15. The van der Waals surface area contributed by atoms with Gasteiger partial charge in [0.2, 0.25) is 11.0 Å². The van der Waals surface area contributed by atoms with Crippen molar-refractivity contribution in [3.8, 4) is 0 Å². The fourth-order valence-electron chi connectivity index (χ4n) is 2.38. The quantitative estimate of drug-likeness (QED) is 0.730. The maximum absolute atomic E-state index is 12.3. The van der Waals surface area contributed by atoms with Crippen LogP contribution in [0.2, 0.25) is 0 Å². The second-order valence-corrected chi connectivity index (χ2v) is 6.69. The molecule has 1 amide bonds. The summed E-state index contributed by atoms with van der Waals surface area (Å²) in [5.74, 6) is -0.386. The summed E-state index contributed by atoms with van der Waals surface area (Å²) in [7, 11) is -3.99. The van der Waals surface area contributed by atoms with Gasteiger partial charge in [-0.15, -0.1) is 0 Å². The third-order valence-corrected chi connectivity index (χ3v) is 4.19. The molecule has 3 rings (SSSR count). The van der Waals surface area contributed by atoms with E-state index in [1.165, 1.54) is 6.07 Å². The normalized spacial score (nSPS) is 11.8. The molecule has 0 saturated heterocycles. The van der Waals surface area contributed by atoms with E-state index in [-0.39, 0.29) is 5.76 Å². The minimum atomic E-state index is -3.99. The van der Waals surface area contributed by atoms with Crippen LogP contribution in [0, 0.1) is 0 Å². The van der Waals surface area contributed by atoms with Gasteiger partial charge in [0.05, 0.1) is 11.0 Å². The molecule has 0 radical (unpaired) electrons. The van der Waals surface area contributed by atoms with Crippen LogP contribution in [0.1, 0.15) is 23.9 Å². The highest BCUT2D eigenvalue weighted by molar-refractivity contribution is 7.89. The number of nitrogens with two attached hydrogens (primary N) is 1. The fraction of sp³-hybridized carbons (Fsp3) is 0.200. The number of carbonyl (C=O) groups excluding carboxylic acids is 1. The lowest BCUT2D eigenvalue weighted by Crippen LogP contribution is -2.16. The van der Waals surface area contributed by atoms with Crippen LogP contribution in [-0.2, 0) is 16.6 Å². The number of rotatable bonds is 5. The van der Waals surface area contributed by atoms with E-state index in [9.17, 15) is 13.2 Å². The third-order valence-electron chi connectivity index (χ3n) is 3.41. The second-order valence-electron chi connectivity index (χ2n) is 5.19. The lowest BCUT2D eigenvalue weighted by atomic mass is 10.3. The molecular formula is C15H16N4O4S. The topological polar surface area (TPSA) is 120 Å². The number of fused-ring (bicyclic) bond motifs is 1. The molecule has 2 aromatic heterocycles. The Morgan fingerprint density at radius 2 is 2.04 bits per heavy atom. The molecule has 0 aliphatic carbocycles. The Balaban J connectivity index is 1.93. The van der Waals surface area contributed by atoms with Crippen LogP contribution in [0.25, 0.3) is 11.0 Å². The second kappa shape index (κ2) is 6.10. The summed E-state index contributed by atoms with van der Waals surface area (Å²) in [4.78, 5) is 16.7. The number of nitrogens with zero attached hydrogens (tertiary/aromatic N) is 2. The highest BCUT2D eigenvalue weighted by Crippen LogP contribution is 2.21. The first kappa shape index (κ1) is 16.2. The van der Waals surface area contributed by atoms with Crippen LogP contribution in [-0.4, -0.2) is 23.9 Å². The number of aromatic nitrogens is 2. The number of benzene rings is 1. The molecule has 126 valence electrons. The minimum absolute atomic E-state index is 0.158. The van der Waals surface area contributed by atoms with Crippen molar-refractivity contribution in [1.82, 2.24) is 9.55 Å².